The molecule has 0 radical (unpaired) electrons. The van der Waals surface area contributed by atoms with Crippen molar-refractivity contribution in [1.29, 1.82) is 0 Å². The minimum atomic E-state index is -1.67. The predicted molar refractivity (Wildman–Crippen MR) is 141 cm³/mol. The topological polar surface area (TPSA) is 32.7 Å². The molecule has 2 aliphatic rings. The van der Waals surface area contributed by atoms with Crippen LogP contribution in [0.5, 0.6) is 11.5 Å². The van der Waals surface area contributed by atoms with Crippen LogP contribution in [0, 0.1) is 12.7 Å². The first kappa shape index (κ1) is 22.1. The van der Waals surface area contributed by atoms with E-state index in [0.717, 1.165) is 46.2 Å². The molecule has 0 spiro atoms. The number of rotatable bonds is 7. The molecule has 188 valence electrons. The number of halogens is 2. The maximum Gasteiger partial charge on any atom is 0.130 e. The van der Waals surface area contributed by atoms with E-state index in [1.54, 1.807) is 23.1 Å². The molecule has 1 atom stereocenters. The molecule has 3 aromatic rings. The first-order valence-corrected chi connectivity index (χ1v) is 12.7. The Labute approximate surface area is 214 Å². The van der Waals surface area contributed by atoms with E-state index in [4.69, 9.17) is 7.48 Å². The molecule has 1 heterocycles. The summed E-state index contributed by atoms with van der Waals surface area (Å²) in [5.41, 5.74) is 6.34. The SMILES string of the molecule is [2H]C([2H])(CCF)N1CC[C@H](Oc2ccc(C3=C(c4ccc(C)cc4F)CCCc4cc(O)ccc43)cc2)C1. The number of phenolic OH excluding ortho intramolecular Hbond substituents is 1. The smallest absolute Gasteiger partial charge is 0.130 e. The summed E-state index contributed by atoms with van der Waals surface area (Å²) < 4.78 is 50.3. The molecule has 36 heavy (non-hydrogen) atoms. The van der Waals surface area contributed by atoms with Gasteiger partial charge in [-0.3, -0.25) is 9.29 Å². The van der Waals surface area contributed by atoms with Crippen LogP contribution in [-0.2, 0) is 6.42 Å². The molecule has 0 unspecified atom stereocenters. The van der Waals surface area contributed by atoms with Crippen molar-refractivity contribution >= 4 is 11.1 Å². The van der Waals surface area contributed by atoms with Gasteiger partial charge in [-0.1, -0.05) is 30.3 Å². The summed E-state index contributed by atoms with van der Waals surface area (Å²) in [6, 6.07) is 18.5. The molecule has 0 aromatic heterocycles. The summed E-state index contributed by atoms with van der Waals surface area (Å²) >= 11 is 0. The van der Waals surface area contributed by atoms with Crippen molar-refractivity contribution in [3.05, 3.63) is 94.3 Å². The van der Waals surface area contributed by atoms with E-state index in [1.807, 2.05) is 49.4 Å². The van der Waals surface area contributed by atoms with Crippen LogP contribution in [0.15, 0.2) is 60.7 Å². The Morgan fingerprint density at radius 3 is 2.64 bits per heavy atom. The summed E-state index contributed by atoms with van der Waals surface area (Å²) in [6.07, 6.45) is 2.70. The minimum absolute atomic E-state index is 0.146. The lowest BCUT2D eigenvalue weighted by molar-refractivity contribution is 0.198. The maximum atomic E-state index is 15.2. The van der Waals surface area contributed by atoms with Crippen molar-refractivity contribution < 1.29 is 21.4 Å². The van der Waals surface area contributed by atoms with Crippen molar-refractivity contribution in [2.24, 2.45) is 0 Å². The zero-order valence-corrected chi connectivity index (χ0v) is 20.6. The molecule has 0 saturated carbocycles. The second kappa shape index (κ2) is 10.8. The lowest BCUT2D eigenvalue weighted by Crippen LogP contribution is -2.26. The van der Waals surface area contributed by atoms with Gasteiger partial charge in [-0.15, -0.1) is 0 Å². The van der Waals surface area contributed by atoms with Crippen LogP contribution in [0.1, 0.15) is 56.2 Å². The number of ether oxygens (including phenoxy) is 1. The second-order valence-electron chi connectivity index (χ2n) is 9.63. The summed E-state index contributed by atoms with van der Waals surface area (Å²) in [4.78, 5) is 1.65. The predicted octanol–water partition coefficient (Wildman–Crippen LogP) is 6.95. The highest BCUT2D eigenvalue weighted by Crippen LogP contribution is 2.41. The molecular formula is C31H33F2NO2. The third-order valence-electron chi connectivity index (χ3n) is 7.00. The van der Waals surface area contributed by atoms with Crippen LogP contribution in [0.3, 0.4) is 0 Å². The molecular weight excluding hydrogens is 456 g/mol. The van der Waals surface area contributed by atoms with Crippen LogP contribution in [0.2, 0.25) is 0 Å². The molecule has 0 amide bonds. The van der Waals surface area contributed by atoms with Crippen LogP contribution in [0.25, 0.3) is 11.1 Å². The van der Waals surface area contributed by atoms with Gasteiger partial charge >= 0.3 is 0 Å². The van der Waals surface area contributed by atoms with Crippen molar-refractivity contribution in [1.82, 2.24) is 4.90 Å². The normalized spacial score (nSPS) is 19.5. The Hall–Kier alpha value is -3.18. The highest BCUT2D eigenvalue weighted by atomic mass is 19.1. The number of alkyl halides is 1. The molecule has 1 aliphatic carbocycles. The standard InChI is InChI=1S/C31H33F2NO2/c1-21-6-12-28(30(33)18-21)29-5-2-4-23-19-24(35)9-13-27(23)31(29)22-7-10-25(11-8-22)36-26-14-17-34(20-26)16-3-15-32/h6-13,18-19,26,35H,2-5,14-17,20H2,1H3/t26-/m0/s1/i16D2. The van der Waals surface area contributed by atoms with Gasteiger partial charge in [0.1, 0.15) is 23.4 Å². The van der Waals surface area contributed by atoms with Gasteiger partial charge in [-0.25, -0.2) is 4.39 Å². The summed E-state index contributed by atoms with van der Waals surface area (Å²) in [6.45, 7) is 0.450. The van der Waals surface area contributed by atoms with Gasteiger partial charge in [-0.2, -0.15) is 0 Å². The van der Waals surface area contributed by atoms with Gasteiger partial charge < -0.3 is 9.84 Å². The molecule has 3 aromatic carbocycles. The van der Waals surface area contributed by atoms with Gasteiger partial charge in [0.25, 0.3) is 0 Å². The van der Waals surface area contributed by atoms with Gasteiger partial charge in [0.15, 0.2) is 0 Å². The van der Waals surface area contributed by atoms with E-state index in [9.17, 15) is 9.50 Å². The number of hydrogen-bond donors (Lipinski definition) is 1. The summed E-state index contributed by atoms with van der Waals surface area (Å²) in [5, 5.41) is 10.1. The lowest BCUT2D eigenvalue weighted by Gasteiger charge is -2.19. The zero-order chi connectivity index (χ0) is 26.9. The maximum absolute atomic E-state index is 15.2. The van der Waals surface area contributed by atoms with E-state index < -0.39 is 13.2 Å². The first-order valence-electron chi connectivity index (χ1n) is 13.7. The molecule has 0 bridgehead atoms. The van der Waals surface area contributed by atoms with Crippen LogP contribution in [0.4, 0.5) is 8.78 Å². The fourth-order valence-corrected chi connectivity index (χ4v) is 5.30. The van der Waals surface area contributed by atoms with E-state index in [-0.39, 0.29) is 24.1 Å². The number of likely N-dealkylation sites (tertiary alicyclic amines) is 1. The summed E-state index contributed by atoms with van der Waals surface area (Å²) in [7, 11) is 0. The van der Waals surface area contributed by atoms with Crippen molar-refractivity contribution in [2.45, 2.75) is 45.1 Å². The minimum Gasteiger partial charge on any atom is -0.508 e. The fourth-order valence-electron chi connectivity index (χ4n) is 5.30. The number of phenols is 1. The zero-order valence-electron chi connectivity index (χ0n) is 22.6. The van der Waals surface area contributed by atoms with Gasteiger partial charge in [0, 0.05) is 27.9 Å². The third-order valence-corrected chi connectivity index (χ3v) is 7.00. The number of nitrogens with zero attached hydrogens (tertiary/aromatic N) is 1. The lowest BCUT2D eigenvalue weighted by atomic mass is 9.87. The first-order chi connectivity index (χ1) is 18.2. The second-order valence-corrected chi connectivity index (χ2v) is 9.63. The van der Waals surface area contributed by atoms with E-state index in [0.29, 0.717) is 37.2 Å². The Bertz CT molecular complexity index is 1340. The Kier molecular flexibility index (Phi) is 6.64. The van der Waals surface area contributed by atoms with Crippen molar-refractivity contribution in [2.75, 3.05) is 26.3 Å². The van der Waals surface area contributed by atoms with Gasteiger partial charge in [0.2, 0.25) is 0 Å². The molecule has 5 heteroatoms. The molecule has 1 N–H and O–H groups in total. The molecule has 1 fully saturated rings. The third kappa shape index (κ3) is 5.31. The molecule has 5 rings (SSSR count). The quantitative estimate of drug-likeness (QED) is 0.388. The number of allylic oxidation sites excluding steroid dienone is 1. The number of aromatic hydroxyl groups is 1. The number of fused-ring (bicyclic) bond motifs is 1. The van der Waals surface area contributed by atoms with Crippen molar-refractivity contribution in [3.8, 4) is 11.5 Å². The Balaban J connectivity index is 1.47. The van der Waals surface area contributed by atoms with Crippen LogP contribution < -0.4 is 4.74 Å². The van der Waals surface area contributed by atoms with Crippen LogP contribution in [-0.4, -0.2) is 42.4 Å². The summed E-state index contributed by atoms with van der Waals surface area (Å²) in [5.74, 6) is 0.659. The highest BCUT2D eigenvalue weighted by molar-refractivity contribution is 6.00. The molecule has 1 aliphatic heterocycles. The molecule has 1 saturated heterocycles. The Morgan fingerprint density at radius 1 is 1.06 bits per heavy atom. The average molecular weight is 492 g/mol. The largest absolute Gasteiger partial charge is 0.508 e. The van der Waals surface area contributed by atoms with E-state index >= 15 is 4.39 Å². The van der Waals surface area contributed by atoms with Crippen LogP contribution >= 0.6 is 0 Å². The highest BCUT2D eigenvalue weighted by Gasteiger charge is 2.25. The Morgan fingerprint density at radius 2 is 1.86 bits per heavy atom. The number of hydrogen-bond acceptors (Lipinski definition) is 3. The monoisotopic (exact) mass is 491 g/mol. The van der Waals surface area contributed by atoms with Crippen molar-refractivity contribution in [3.63, 3.8) is 0 Å². The fraction of sp³-hybridized carbons (Fsp3) is 0.355. The average Bonchev–Trinajstić information content (AvgIpc) is 3.27. The van der Waals surface area contributed by atoms with Gasteiger partial charge in [0.05, 0.1) is 6.67 Å². The van der Waals surface area contributed by atoms with Gasteiger partial charge in [-0.05, 0) is 103 Å². The van der Waals surface area contributed by atoms with E-state index in [2.05, 4.69) is 0 Å². The molecule has 3 nitrogen and oxygen atoms in total. The number of aryl methyl sites for hydroxylation is 2. The number of benzene rings is 3. The van der Waals surface area contributed by atoms with E-state index in [1.165, 1.54) is 0 Å².